The molecule has 2 nitrogen and oxygen atoms in total. The first kappa shape index (κ1) is 13.8. The Bertz CT molecular complexity index is 308. The van der Waals surface area contributed by atoms with Crippen LogP contribution in [0.2, 0.25) is 0 Å². The van der Waals surface area contributed by atoms with E-state index in [1.165, 1.54) is 44.2 Å². The zero-order valence-electron chi connectivity index (χ0n) is 10.5. The van der Waals surface area contributed by atoms with Crippen LogP contribution in [-0.4, -0.2) is 6.61 Å². The van der Waals surface area contributed by atoms with E-state index in [4.69, 9.17) is 10.5 Å². The van der Waals surface area contributed by atoms with E-state index < -0.39 is 0 Å². The van der Waals surface area contributed by atoms with Crippen molar-refractivity contribution in [1.29, 1.82) is 0 Å². The molecule has 0 spiro atoms. The summed E-state index contributed by atoms with van der Waals surface area (Å²) in [5.41, 5.74) is 5.93. The quantitative estimate of drug-likeness (QED) is 0.546. The van der Waals surface area contributed by atoms with Gasteiger partial charge >= 0.3 is 0 Å². The Balaban J connectivity index is 2.13. The smallest absolute Gasteiger partial charge is 0.128 e. The molecule has 0 aliphatic rings. The monoisotopic (exact) mass is 239 g/mol. The van der Waals surface area contributed by atoms with Gasteiger partial charge in [-0.05, 0) is 12.5 Å². The molecule has 0 amide bonds. The highest BCUT2D eigenvalue weighted by Gasteiger charge is 1.99. The lowest BCUT2D eigenvalue weighted by Crippen LogP contribution is -1.98. The highest BCUT2D eigenvalue weighted by Crippen LogP contribution is 2.18. The number of nitrogens with two attached hydrogens (primary N) is 1. The summed E-state index contributed by atoms with van der Waals surface area (Å²) in [5, 5.41) is 0. The third kappa shape index (κ3) is 6.15. The SMILES string of the molecule is CCCCCCCCOc1cc(N)cc(F)c1. The van der Waals surface area contributed by atoms with Crippen LogP contribution in [-0.2, 0) is 0 Å². The fourth-order valence-corrected chi connectivity index (χ4v) is 1.74. The second kappa shape index (κ2) is 7.93. The second-order valence-corrected chi connectivity index (χ2v) is 4.34. The molecule has 0 fully saturated rings. The predicted octanol–water partition coefficient (Wildman–Crippen LogP) is 4.15. The van der Waals surface area contributed by atoms with Crippen molar-refractivity contribution in [3.8, 4) is 5.75 Å². The molecule has 0 aromatic heterocycles. The molecule has 17 heavy (non-hydrogen) atoms. The maximum absolute atomic E-state index is 13.0. The Kier molecular flexibility index (Phi) is 6.45. The van der Waals surface area contributed by atoms with Crippen LogP contribution in [0, 0.1) is 5.82 Å². The summed E-state index contributed by atoms with van der Waals surface area (Å²) in [4.78, 5) is 0. The van der Waals surface area contributed by atoms with Crippen molar-refractivity contribution in [1.82, 2.24) is 0 Å². The molecule has 0 atom stereocenters. The molecule has 1 aromatic carbocycles. The van der Waals surface area contributed by atoms with Crippen molar-refractivity contribution < 1.29 is 9.13 Å². The number of benzene rings is 1. The Labute approximate surface area is 103 Å². The average Bonchev–Trinajstić information content (AvgIpc) is 2.26. The predicted molar refractivity (Wildman–Crippen MR) is 69.7 cm³/mol. The van der Waals surface area contributed by atoms with E-state index in [1.807, 2.05) is 0 Å². The zero-order valence-corrected chi connectivity index (χ0v) is 10.5. The second-order valence-electron chi connectivity index (χ2n) is 4.34. The van der Waals surface area contributed by atoms with Gasteiger partial charge in [0.1, 0.15) is 11.6 Å². The first-order valence-electron chi connectivity index (χ1n) is 6.41. The average molecular weight is 239 g/mol. The third-order valence-electron chi connectivity index (χ3n) is 2.66. The molecular weight excluding hydrogens is 217 g/mol. The van der Waals surface area contributed by atoms with Crippen molar-refractivity contribution in [2.24, 2.45) is 0 Å². The number of halogens is 1. The lowest BCUT2D eigenvalue weighted by atomic mass is 10.1. The Morgan fingerprint density at radius 2 is 1.76 bits per heavy atom. The number of nitrogen functional groups attached to an aromatic ring is 1. The molecule has 1 rings (SSSR count). The number of ether oxygens (including phenoxy) is 1. The molecular formula is C14H22FNO. The van der Waals surface area contributed by atoms with Crippen LogP contribution in [0.4, 0.5) is 10.1 Å². The van der Waals surface area contributed by atoms with E-state index >= 15 is 0 Å². The molecule has 0 bridgehead atoms. The van der Waals surface area contributed by atoms with E-state index in [2.05, 4.69) is 6.92 Å². The fraction of sp³-hybridized carbons (Fsp3) is 0.571. The minimum absolute atomic E-state index is 0.344. The Morgan fingerprint density at radius 1 is 1.06 bits per heavy atom. The summed E-state index contributed by atoms with van der Waals surface area (Å²) >= 11 is 0. The first-order chi connectivity index (χ1) is 8.22. The Morgan fingerprint density at radius 3 is 2.47 bits per heavy atom. The van der Waals surface area contributed by atoms with Crippen LogP contribution in [0.25, 0.3) is 0 Å². The van der Waals surface area contributed by atoms with Gasteiger partial charge in [0.05, 0.1) is 6.61 Å². The molecule has 3 heteroatoms. The van der Waals surface area contributed by atoms with Gasteiger partial charge in [0.2, 0.25) is 0 Å². The van der Waals surface area contributed by atoms with Crippen molar-refractivity contribution in [2.75, 3.05) is 12.3 Å². The molecule has 0 aliphatic heterocycles. The van der Waals surface area contributed by atoms with Gasteiger partial charge in [0, 0.05) is 17.8 Å². The van der Waals surface area contributed by atoms with Gasteiger partial charge in [-0.2, -0.15) is 0 Å². The molecule has 0 saturated heterocycles. The number of rotatable bonds is 8. The third-order valence-corrected chi connectivity index (χ3v) is 2.66. The van der Waals surface area contributed by atoms with E-state index in [9.17, 15) is 4.39 Å². The van der Waals surface area contributed by atoms with Crippen molar-refractivity contribution in [3.05, 3.63) is 24.0 Å². The van der Waals surface area contributed by atoms with Crippen LogP contribution in [0.1, 0.15) is 45.4 Å². The van der Waals surface area contributed by atoms with E-state index in [1.54, 1.807) is 6.07 Å². The van der Waals surface area contributed by atoms with Crippen molar-refractivity contribution >= 4 is 5.69 Å². The zero-order chi connectivity index (χ0) is 12.5. The van der Waals surface area contributed by atoms with Gasteiger partial charge in [-0.1, -0.05) is 39.0 Å². The standard InChI is InChI=1S/C14H22FNO/c1-2-3-4-5-6-7-8-17-14-10-12(15)9-13(16)11-14/h9-11H,2-8,16H2,1H3. The molecule has 0 aliphatic carbocycles. The molecule has 0 unspecified atom stereocenters. The van der Waals surface area contributed by atoms with E-state index in [0.29, 0.717) is 18.0 Å². The summed E-state index contributed by atoms with van der Waals surface area (Å²) in [7, 11) is 0. The van der Waals surface area contributed by atoms with E-state index in [-0.39, 0.29) is 5.82 Å². The van der Waals surface area contributed by atoms with Crippen LogP contribution >= 0.6 is 0 Å². The topological polar surface area (TPSA) is 35.2 Å². The molecule has 2 N–H and O–H groups in total. The van der Waals surface area contributed by atoms with Gasteiger partial charge in [-0.3, -0.25) is 0 Å². The summed E-state index contributed by atoms with van der Waals surface area (Å²) in [6, 6.07) is 4.31. The molecule has 0 radical (unpaired) electrons. The highest BCUT2D eigenvalue weighted by atomic mass is 19.1. The Hall–Kier alpha value is -1.25. The van der Waals surface area contributed by atoms with Gasteiger partial charge < -0.3 is 10.5 Å². The van der Waals surface area contributed by atoms with Crippen molar-refractivity contribution in [2.45, 2.75) is 45.4 Å². The largest absolute Gasteiger partial charge is 0.493 e. The fourth-order valence-electron chi connectivity index (χ4n) is 1.74. The van der Waals surface area contributed by atoms with Gasteiger partial charge in [0.25, 0.3) is 0 Å². The minimum Gasteiger partial charge on any atom is -0.493 e. The molecule has 0 saturated carbocycles. The first-order valence-corrected chi connectivity index (χ1v) is 6.41. The molecule has 96 valence electrons. The van der Waals surface area contributed by atoms with Crippen LogP contribution < -0.4 is 10.5 Å². The van der Waals surface area contributed by atoms with Crippen molar-refractivity contribution in [3.63, 3.8) is 0 Å². The minimum atomic E-state index is -0.344. The lowest BCUT2D eigenvalue weighted by Gasteiger charge is -2.07. The summed E-state index contributed by atoms with van der Waals surface area (Å²) in [6.45, 7) is 2.84. The number of hydrogen-bond acceptors (Lipinski definition) is 2. The van der Waals surface area contributed by atoms with Crippen LogP contribution in [0.5, 0.6) is 5.75 Å². The van der Waals surface area contributed by atoms with E-state index in [0.717, 1.165) is 6.42 Å². The summed E-state index contributed by atoms with van der Waals surface area (Å²) in [5.74, 6) is 0.180. The highest BCUT2D eigenvalue weighted by molar-refractivity contribution is 5.44. The molecule has 0 heterocycles. The lowest BCUT2D eigenvalue weighted by molar-refractivity contribution is 0.303. The summed E-state index contributed by atoms with van der Waals surface area (Å²) < 4.78 is 18.4. The number of anilines is 1. The van der Waals surface area contributed by atoms with Crippen LogP contribution in [0.3, 0.4) is 0 Å². The number of hydrogen-bond donors (Lipinski definition) is 1. The van der Waals surface area contributed by atoms with Crippen LogP contribution in [0.15, 0.2) is 18.2 Å². The van der Waals surface area contributed by atoms with Gasteiger partial charge in [0.15, 0.2) is 0 Å². The maximum atomic E-state index is 13.0. The maximum Gasteiger partial charge on any atom is 0.128 e. The van der Waals surface area contributed by atoms with Gasteiger partial charge in [-0.25, -0.2) is 4.39 Å². The molecule has 1 aromatic rings. The normalized spacial score (nSPS) is 10.5. The number of unbranched alkanes of at least 4 members (excludes halogenated alkanes) is 5. The van der Waals surface area contributed by atoms with Gasteiger partial charge in [-0.15, -0.1) is 0 Å². The summed E-state index contributed by atoms with van der Waals surface area (Å²) in [6.07, 6.45) is 7.30.